The number of nitrogens with one attached hydrogen (secondary N) is 2. The van der Waals surface area contributed by atoms with Crippen LogP contribution in [0.3, 0.4) is 0 Å². The van der Waals surface area contributed by atoms with Gasteiger partial charge in [0, 0.05) is 66.0 Å². The molecule has 2 aromatic carbocycles. The lowest BCUT2D eigenvalue weighted by molar-refractivity contribution is 0.0853. The lowest BCUT2D eigenvalue weighted by atomic mass is 9.71. The van der Waals surface area contributed by atoms with Crippen LogP contribution in [0.15, 0.2) is 42.5 Å². The number of nitrogens with zero attached hydrogens (tertiary/aromatic N) is 2. The van der Waals surface area contributed by atoms with Crippen LogP contribution in [0.1, 0.15) is 57.7 Å². The van der Waals surface area contributed by atoms with Crippen LogP contribution in [0.5, 0.6) is 0 Å². The maximum atomic E-state index is 13.9. The van der Waals surface area contributed by atoms with Gasteiger partial charge in [-0.15, -0.1) is 0 Å². The molecule has 1 spiro atoms. The number of aromatic amines is 1. The van der Waals surface area contributed by atoms with E-state index < -0.39 is 17.3 Å². The zero-order chi connectivity index (χ0) is 26.9. The average molecular weight is 527 g/mol. The van der Waals surface area contributed by atoms with Crippen molar-refractivity contribution in [2.45, 2.75) is 71.1 Å². The number of H-pyrrole nitrogens is 1. The van der Waals surface area contributed by atoms with Crippen LogP contribution in [0.4, 0.5) is 18.9 Å². The zero-order valence-corrected chi connectivity index (χ0v) is 22.9. The fourth-order valence-electron chi connectivity index (χ4n) is 6.51. The molecule has 0 saturated carbocycles. The number of anilines is 1. The van der Waals surface area contributed by atoms with Crippen LogP contribution in [0, 0.1) is 17.0 Å². The number of aromatic nitrogens is 1. The van der Waals surface area contributed by atoms with Gasteiger partial charge in [0.2, 0.25) is 0 Å². The fourth-order valence-corrected chi connectivity index (χ4v) is 6.51. The highest BCUT2D eigenvalue weighted by Crippen LogP contribution is 2.42. The lowest BCUT2D eigenvalue weighted by Gasteiger charge is -2.52. The minimum atomic E-state index is -1.14. The highest BCUT2D eigenvalue weighted by molar-refractivity contribution is 5.84. The van der Waals surface area contributed by atoms with Crippen LogP contribution in [0.25, 0.3) is 10.9 Å². The van der Waals surface area contributed by atoms with E-state index >= 15 is 0 Å². The van der Waals surface area contributed by atoms with E-state index in [0.29, 0.717) is 23.7 Å². The van der Waals surface area contributed by atoms with Gasteiger partial charge in [0.15, 0.2) is 0 Å². The number of rotatable bonds is 3. The smallest absolute Gasteiger partial charge is 0.128 e. The van der Waals surface area contributed by atoms with E-state index in [9.17, 15) is 13.2 Å². The molecular formula is C31H41F3N4. The second-order valence-electron chi connectivity index (χ2n) is 12.2. The monoisotopic (exact) mass is 526 g/mol. The molecule has 1 unspecified atom stereocenters. The molecule has 2 N–H and O–H groups in total. The van der Waals surface area contributed by atoms with Gasteiger partial charge < -0.3 is 15.2 Å². The summed E-state index contributed by atoms with van der Waals surface area (Å²) in [5, 5.41) is 4.74. The summed E-state index contributed by atoms with van der Waals surface area (Å²) in [4.78, 5) is 7.82. The minimum Gasteiger partial charge on any atom is -0.370 e. The van der Waals surface area contributed by atoms with E-state index in [0.717, 1.165) is 45.2 Å². The highest BCUT2D eigenvalue weighted by Gasteiger charge is 2.42. The van der Waals surface area contributed by atoms with E-state index in [2.05, 4.69) is 51.3 Å². The van der Waals surface area contributed by atoms with Gasteiger partial charge in [-0.2, -0.15) is 0 Å². The van der Waals surface area contributed by atoms with Gasteiger partial charge in [0.1, 0.15) is 17.3 Å². The first kappa shape index (κ1) is 27.1. The van der Waals surface area contributed by atoms with Gasteiger partial charge in [-0.3, -0.25) is 4.90 Å². The second kappa shape index (κ2) is 10.9. The lowest BCUT2D eigenvalue weighted by Crippen LogP contribution is -2.57. The quantitative estimate of drug-likeness (QED) is 0.404. The molecule has 38 heavy (non-hydrogen) atoms. The summed E-state index contributed by atoms with van der Waals surface area (Å²) in [5.74, 6) is -0.976. The first-order chi connectivity index (χ1) is 18.1. The van der Waals surface area contributed by atoms with Crippen molar-refractivity contribution in [3.63, 3.8) is 0 Å². The van der Waals surface area contributed by atoms with Crippen LogP contribution >= 0.6 is 0 Å². The van der Waals surface area contributed by atoms with E-state index in [1.54, 1.807) is 13.8 Å². The van der Waals surface area contributed by atoms with Crippen molar-refractivity contribution in [2.75, 3.05) is 37.6 Å². The number of alkyl halides is 1. The number of para-hydroxylation sites is 1. The molecule has 3 aromatic rings. The molecule has 1 atom stereocenters. The Bertz CT molecular complexity index is 1210. The first-order valence-corrected chi connectivity index (χ1v) is 14.0. The molecule has 0 bridgehead atoms. The van der Waals surface area contributed by atoms with Crippen LogP contribution in [-0.4, -0.2) is 54.3 Å². The molecule has 3 aliphatic heterocycles. The summed E-state index contributed by atoms with van der Waals surface area (Å²) in [6.07, 6.45) is 5.83. The van der Waals surface area contributed by atoms with Crippen molar-refractivity contribution in [1.82, 2.24) is 15.2 Å². The number of benzene rings is 2. The van der Waals surface area contributed by atoms with Gasteiger partial charge in [-0.1, -0.05) is 18.2 Å². The highest BCUT2D eigenvalue weighted by atomic mass is 19.1. The predicted octanol–water partition coefficient (Wildman–Crippen LogP) is 6.60. The molecular weight excluding hydrogens is 485 g/mol. The molecule has 4 nitrogen and oxygen atoms in total. The van der Waals surface area contributed by atoms with Gasteiger partial charge >= 0.3 is 0 Å². The maximum Gasteiger partial charge on any atom is 0.128 e. The summed E-state index contributed by atoms with van der Waals surface area (Å²) in [7, 11) is 0. The molecule has 7 heteroatoms. The molecule has 3 aliphatic rings. The summed E-state index contributed by atoms with van der Waals surface area (Å²) in [6, 6.07) is 12.6. The largest absolute Gasteiger partial charge is 0.370 e. The average Bonchev–Trinajstić information content (AvgIpc) is 3.14. The molecule has 4 heterocycles. The first-order valence-electron chi connectivity index (χ1n) is 14.0. The second-order valence-corrected chi connectivity index (χ2v) is 12.2. The van der Waals surface area contributed by atoms with Crippen LogP contribution in [-0.2, 0) is 13.0 Å². The minimum absolute atomic E-state index is 0.380. The summed E-state index contributed by atoms with van der Waals surface area (Å²) >= 11 is 0. The van der Waals surface area contributed by atoms with Crippen molar-refractivity contribution < 1.29 is 13.2 Å². The fraction of sp³-hybridized carbons (Fsp3) is 0.548. The third-order valence-corrected chi connectivity index (χ3v) is 8.35. The number of hydrogen-bond donors (Lipinski definition) is 2. The van der Waals surface area contributed by atoms with Crippen LogP contribution < -0.4 is 10.2 Å². The van der Waals surface area contributed by atoms with Crippen molar-refractivity contribution in [3.8, 4) is 0 Å². The van der Waals surface area contributed by atoms with E-state index in [1.807, 2.05) is 0 Å². The third-order valence-electron chi connectivity index (χ3n) is 8.35. The number of fused-ring (bicyclic) bond motifs is 3. The van der Waals surface area contributed by atoms with Crippen molar-refractivity contribution in [2.24, 2.45) is 5.41 Å². The Balaban J connectivity index is 0.000000155. The molecule has 2 saturated heterocycles. The zero-order valence-electron chi connectivity index (χ0n) is 22.9. The number of halogens is 3. The molecule has 0 aliphatic carbocycles. The summed E-state index contributed by atoms with van der Waals surface area (Å²) in [6.45, 7) is 10.9. The maximum absolute atomic E-state index is 13.9. The number of hydrogen-bond acceptors (Lipinski definition) is 3. The summed E-state index contributed by atoms with van der Waals surface area (Å²) < 4.78 is 40.3. The third kappa shape index (κ3) is 6.20. The molecule has 206 valence electrons. The van der Waals surface area contributed by atoms with E-state index in [4.69, 9.17) is 0 Å². The normalized spacial score (nSPS) is 21.7. The van der Waals surface area contributed by atoms with Crippen molar-refractivity contribution in [1.29, 1.82) is 0 Å². The Morgan fingerprint density at radius 1 is 1.00 bits per heavy atom. The molecule has 2 fully saturated rings. The van der Waals surface area contributed by atoms with Crippen LogP contribution in [0.2, 0.25) is 0 Å². The Labute approximate surface area is 224 Å². The molecule has 6 rings (SSSR count). The molecule has 0 amide bonds. The van der Waals surface area contributed by atoms with Gasteiger partial charge in [0.25, 0.3) is 0 Å². The predicted molar refractivity (Wildman–Crippen MR) is 149 cm³/mol. The SMILES string of the molecule is CC1Cc2c([nH]c3ccccc23)CN1CC(C)(C)F.Fc1cc(F)cc(N2CC3(CCCNCCC3)C2)c1. The van der Waals surface area contributed by atoms with Gasteiger partial charge in [-0.05, 0) is 89.7 Å². The standard InChI is InChI=1S/C16H21FN2.C15H20F2N2/c1-11-8-13-12-6-4-5-7-14(12)18-15(13)9-19(11)10-16(2,3)17;16-12-7-13(17)9-14(8-12)19-10-15(11-19)3-1-5-18-6-2-4-15/h4-7,11,18H,8-10H2,1-3H3;7-9,18H,1-6,10-11H2. The van der Waals surface area contributed by atoms with Gasteiger partial charge in [-0.25, -0.2) is 13.2 Å². The Kier molecular flexibility index (Phi) is 7.79. The summed E-state index contributed by atoms with van der Waals surface area (Å²) in [5.41, 5.74) is 3.78. The van der Waals surface area contributed by atoms with E-state index in [1.165, 1.54) is 60.0 Å². The van der Waals surface area contributed by atoms with Crippen molar-refractivity contribution in [3.05, 3.63) is 65.4 Å². The molecule has 1 aromatic heterocycles. The molecule has 0 radical (unpaired) electrons. The Hall–Kier alpha value is -2.51. The Morgan fingerprint density at radius 3 is 2.32 bits per heavy atom. The van der Waals surface area contributed by atoms with Crippen molar-refractivity contribution >= 4 is 16.6 Å². The Morgan fingerprint density at radius 2 is 1.66 bits per heavy atom. The van der Waals surface area contributed by atoms with Gasteiger partial charge in [0.05, 0.1) is 0 Å². The topological polar surface area (TPSA) is 34.3 Å². The van der Waals surface area contributed by atoms with E-state index in [-0.39, 0.29) is 0 Å².